The third kappa shape index (κ3) is 3.66. The molecule has 0 bridgehead atoms. The molecule has 0 aromatic rings. The van der Waals surface area contributed by atoms with Crippen LogP contribution in [0.4, 0.5) is 0 Å². The number of ether oxygens (including phenoxy) is 1. The minimum absolute atomic E-state index is 0.0134. The highest BCUT2D eigenvalue weighted by atomic mass is 16.5. The number of carbonyl (C=O) groups is 2. The van der Waals surface area contributed by atoms with Crippen molar-refractivity contribution < 1.29 is 24.5 Å². The monoisotopic (exact) mass is 322 g/mol. The van der Waals surface area contributed by atoms with E-state index in [4.69, 9.17) is 4.74 Å². The third-order valence-electron chi connectivity index (χ3n) is 5.25. The summed E-state index contributed by atoms with van der Waals surface area (Å²) in [7, 11) is 0. The van der Waals surface area contributed by atoms with Crippen LogP contribution < -0.4 is 0 Å². The molecule has 5 nitrogen and oxygen atoms in total. The van der Waals surface area contributed by atoms with E-state index < -0.39 is 23.5 Å². The van der Waals surface area contributed by atoms with Gasteiger partial charge in [0.1, 0.15) is 12.0 Å². The normalized spacial score (nSPS) is 28.8. The molecular formula is C18H26O5. The van der Waals surface area contributed by atoms with E-state index in [0.29, 0.717) is 18.4 Å². The number of hydrogen-bond acceptors (Lipinski definition) is 4. The molecule has 2 unspecified atom stereocenters. The Bertz CT molecular complexity index is 516. The maximum Gasteiger partial charge on any atom is 0.333 e. The van der Waals surface area contributed by atoms with E-state index >= 15 is 0 Å². The number of aliphatic hydroxyl groups excluding tert-OH is 1. The summed E-state index contributed by atoms with van der Waals surface area (Å²) in [6.45, 7) is 5.18. The zero-order valence-electron chi connectivity index (χ0n) is 13.7. The first-order valence-corrected chi connectivity index (χ1v) is 8.31. The van der Waals surface area contributed by atoms with E-state index in [1.54, 1.807) is 13.0 Å². The molecular weight excluding hydrogens is 296 g/mol. The lowest BCUT2D eigenvalue weighted by molar-refractivity contribution is -0.163. The van der Waals surface area contributed by atoms with Gasteiger partial charge in [-0.3, -0.25) is 4.79 Å². The van der Waals surface area contributed by atoms with Crippen LogP contribution >= 0.6 is 0 Å². The molecule has 0 saturated heterocycles. The third-order valence-corrected chi connectivity index (χ3v) is 5.25. The van der Waals surface area contributed by atoms with E-state index in [1.165, 1.54) is 0 Å². The highest BCUT2D eigenvalue weighted by molar-refractivity contribution is 5.87. The lowest BCUT2D eigenvalue weighted by Gasteiger charge is -2.44. The van der Waals surface area contributed by atoms with E-state index in [-0.39, 0.29) is 12.5 Å². The maximum absolute atomic E-state index is 12.0. The molecule has 0 spiro atoms. The second-order valence-corrected chi connectivity index (χ2v) is 6.81. The van der Waals surface area contributed by atoms with Crippen molar-refractivity contribution in [2.75, 3.05) is 6.61 Å². The van der Waals surface area contributed by atoms with Crippen molar-refractivity contribution in [3.63, 3.8) is 0 Å². The first kappa shape index (κ1) is 17.7. The molecule has 2 aliphatic rings. The molecule has 128 valence electrons. The van der Waals surface area contributed by atoms with Crippen LogP contribution in [-0.2, 0) is 14.3 Å². The first-order valence-electron chi connectivity index (χ1n) is 8.31. The predicted molar refractivity (Wildman–Crippen MR) is 85.7 cm³/mol. The largest absolute Gasteiger partial charge is 0.481 e. The van der Waals surface area contributed by atoms with Crippen molar-refractivity contribution in [3.05, 3.63) is 23.8 Å². The minimum atomic E-state index is -1.09. The molecule has 2 aliphatic carbocycles. The zero-order valence-corrected chi connectivity index (χ0v) is 13.7. The summed E-state index contributed by atoms with van der Waals surface area (Å²) in [5.41, 5.74) is 0.00581. The number of aliphatic hydroxyl groups is 1. The average molecular weight is 322 g/mol. The average Bonchev–Trinajstić information content (AvgIpc) is 2.53. The number of rotatable bonds is 5. The summed E-state index contributed by atoms with van der Waals surface area (Å²) in [4.78, 5) is 23.4. The number of esters is 1. The quantitative estimate of drug-likeness (QED) is 0.462. The lowest BCUT2D eigenvalue weighted by Crippen LogP contribution is -2.50. The van der Waals surface area contributed by atoms with Crippen LogP contribution in [0.2, 0.25) is 0 Å². The van der Waals surface area contributed by atoms with Gasteiger partial charge in [0.15, 0.2) is 0 Å². The Kier molecular flexibility index (Phi) is 5.63. The molecule has 0 aromatic heterocycles. The summed E-state index contributed by atoms with van der Waals surface area (Å²) < 4.78 is 5.10. The second kappa shape index (κ2) is 7.30. The van der Waals surface area contributed by atoms with Gasteiger partial charge in [-0.1, -0.05) is 31.9 Å². The van der Waals surface area contributed by atoms with Crippen molar-refractivity contribution in [3.8, 4) is 0 Å². The molecule has 23 heavy (non-hydrogen) atoms. The fraction of sp³-hybridized carbons (Fsp3) is 0.667. The van der Waals surface area contributed by atoms with Crippen molar-refractivity contribution in [2.24, 2.45) is 11.3 Å². The molecule has 1 fully saturated rings. The van der Waals surface area contributed by atoms with Gasteiger partial charge < -0.3 is 14.9 Å². The van der Waals surface area contributed by atoms with E-state index in [0.717, 1.165) is 37.7 Å². The Morgan fingerprint density at radius 1 is 1.35 bits per heavy atom. The summed E-state index contributed by atoms with van der Waals surface area (Å²) in [5, 5.41) is 20.4. The second-order valence-electron chi connectivity index (χ2n) is 6.81. The van der Waals surface area contributed by atoms with Gasteiger partial charge in [0.25, 0.3) is 0 Å². The first-order chi connectivity index (χ1) is 10.9. The fourth-order valence-corrected chi connectivity index (χ4v) is 3.84. The smallest absolute Gasteiger partial charge is 0.333 e. The van der Waals surface area contributed by atoms with E-state index in [9.17, 15) is 19.8 Å². The van der Waals surface area contributed by atoms with E-state index in [1.807, 2.05) is 0 Å². The summed E-state index contributed by atoms with van der Waals surface area (Å²) in [6, 6.07) is 0. The minimum Gasteiger partial charge on any atom is -0.481 e. The Morgan fingerprint density at radius 2 is 2.00 bits per heavy atom. The van der Waals surface area contributed by atoms with Gasteiger partial charge >= 0.3 is 11.9 Å². The highest BCUT2D eigenvalue weighted by Crippen LogP contribution is 2.48. The number of aliphatic carboxylic acids is 1. The molecule has 2 N–H and O–H groups in total. The molecule has 0 aliphatic heterocycles. The van der Waals surface area contributed by atoms with Crippen LogP contribution in [0.25, 0.3) is 0 Å². The van der Waals surface area contributed by atoms with Gasteiger partial charge in [-0.05, 0) is 44.1 Å². The molecule has 1 saturated carbocycles. The molecule has 0 heterocycles. The molecule has 0 radical (unpaired) electrons. The van der Waals surface area contributed by atoms with Crippen molar-refractivity contribution in [1.82, 2.24) is 0 Å². The molecule has 2 atom stereocenters. The topological polar surface area (TPSA) is 83.8 Å². The van der Waals surface area contributed by atoms with Gasteiger partial charge in [0.2, 0.25) is 0 Å². The summed E-state index contributed by atoms with van der Waals surface area (Å²) >= 11 is 0. The number of hydrogen-bond donors (Lipinski definition) is 2. The number of carboxylic acid groups (broad SMARTS) is 1. The summed E-state index contributed by atoms with van der Waals surface area (Å²) in [6.07, 6.45) is 6.38. The van der Waals surface area contributed by atoms with Crippen molar-refractivity contribution in [2.45, 2.75) is 58.0 Å². The van der Waals surface area contributed by atoms with Crippen molar-refractivity contribution in [1.29, 1.82) is 0 Å². The standard InChI is InChI=1S/C18H26O5/c1-12(2)16(20)23-11-13-8-9-18(17(21)22,15(19)10-13)14-6-4-3-5-7-14/h10,14-15,19H,1,3-9,11H2,2H3,(H,21,22). The van der Waals surface area contributed by atoms with Crippen molar-refractivity contribution >= 4 is 11.9 Å². The van der Waals surface area contributed by atoms with Crippen LogP contribution in [0.5, 0.6) is 0 Å². The number of carboxylic acids is 1. The predicted octanol–water partition coefficient (Wildman–Crippen LogP) is 2.84. The Morgan fingerprint density at radius 3 is 2.52 bits per heavy atom. The number of carbonyl (C=O) groups excluding carboxylic acids is 1. The van der Waals surface area contributed by atoms with Gasteiger partial charge in [0, 0.05) is 5.57 Å². The van der Waals surface area contributed by atoms with Crippen LogP contribution in [0.1, 0.15) is 51.9 Å². The fourth-order valence-electron chi connectivity index (χ4n) is 3.84. The maximum atomic E-state index is 12.0. The van der Waals surface area contributed by atoms with Gasteiger partial charge in [-0.15, -0.1) is 0 Å². The van der Waals surface area contributed by atoms with Gasteiger partial charge in [-0.25, -0.2) is 4.79 Å². The lowest BCUT2D eigenvalue weighted by atomic mass is 9.61. The molecule has 2 rings (SSSR count). The van der Waals surface area contributed by atoms with Crippen LogP contribution in [-0.4, -0.2) is 34.9 Å². The molecule has 5 heteroatoms. The van der Waals surface area contributed by atoms with Crippen LogP contribution in [0.15, 0.2) is 23.8 Å². The SMILES string of the molecule is C=C(C)C(=O)OCC1=CC(O)C(C(=O)O)(C2CCCCC2)CC1. The summed E-state index contributed by atoms with van der Waals surface area (Å²) in [5.74, 6) is -1.37. The van der Waals surface area contributed by atoms with Crippen LogP contribution in [0.3, 0.4) is 0 Å². The Balaban J connectivity index is 2.11. The van der Waals surface area contributed by atoms with Gasteiger partial charge in [-0.2, -0.15) is 0 Å². The van der Waals surface area contributed by atoms with Crippen LogP contribution in [0, 0.1) is 11.3 Å². The van der Waals surface area contributed by atoms with Gasteiger partial charge in [0.05, 0.1) is 6.10 Å². The molecule has 0 aromatic carbocycles. The van der Waals surface area contributed by atoms with E-state index in [2.05, 4.69) is 6.58 Å². The molecule has 0 amide bonds. The zero-order chi connectivity index (χ0) is 17.0. The Labute approximate surface area is 137 Å². The Hall–Kier alpha value is -1.62. The highest BCUT2D eigenvalue weighted by Gasteiger charge is 2.52.